The van der Waals surface area contributed by atoms with Crippen LogP contribution in [0, 0.1) is 0 Å². The van der Waals surface area contributed by atoms with Crippen molar-refractivity contribution in [2.45, 2.75) is 4.34 Å². The fraction of sp³-hybridized carbons (Fsp3) is 0.167. The van der Waals surface area contributed by atoms with E-state index < -0.39 is 0 Å². The minimum absolute atomic E-state index is 0.149. The highest BCUT2D eigenvalue weighted by atomic mass is 35.5. The Morgan fingerprint density at radius 2 is 2.05 bits per heavy atom. The van der Waals surface area contributed by atoms with E-state index in [-0.39, 0.29) is 17.6 Å². The number of halogens is 1. The number of esters is 1. The molecule has 9 heteroatoms. The normalized spacial score (nSPS) is 10.2. The first-order valence-electron chi connectivity index (χ1n) is 5.68. The molecule has 110 valence electrons. The van der Waals surface area contributed by atoms with Gasteiger partial charge in [-0.1, -0.05) is 34.7 Å². The fourth-order valence-electron chi connectivity index (χ4n) is 1.27. The molecule has 0 bridgehead atoms. The highest BCUT2D eigenvalue weighted by Gasteiger charge is 2.11. The van der Waals surface area contributed by atoms with Crippen LogP contribution in [0.3, 0.4) is 0 Å². The van der Waals surface area contributed by atoms with Crippen molar-refractivity contribution >= 4 is 51.7 Å². The molecule has 0 unspecified atom stereocenters. The van der Waals surface area contributed by atoms with Gasteiger partial charge in [0.05, 0.1) is 12.9 Å². The van der Waals surface area contributed by atoms with Crippen LogP contribution in [0.15, 0.2) is 28.6 Å². The van der Waals surface area contributed by atoms with Crippen molar-refractivity contribution in [2.75, 3.05) is 18.2 Å². The van der Waals surface area contributed by atoms with E-state index in [1.54, 1.807) is 24.3 Å². The first-order valence-corrected chi connectivity index (χ1v) is 7.86. The summed E-state index contributed by atoms with van der Waals surface area (Å²) in [5, 5.41) is 11.3. The molecule has 0 saturated carbocycles. The highest BCUT2D eigenvalue weighted by molar-refractivity contribution is 8.01. The van der Waals surface area contributed by atoms with Crippen LogP contribution < -0.4 is 5.32 Å². The quantitative estimate of drug-likeness (QED) is 0.510. The zero-order chi connectivity index (χ0) is 15.2. The molecule has 6 nitrogen and oxygen atoms in total. The highest BCUT2D eigenvalue weighted by Crippen LogP contribution is 2.25. The monoisotopic (exact) mass is 343 g/mol. The molecular weight excluding hydrogens is 334 g/mol. The Morgan fingerprint density at radius 3 is 2.71 bits per heavy atom. The maximum atomic E-state index is 12.0. The molecule has 0 aliphatic carbocycles. The summed E-state index contributed by atoms with van der Waals surface area (Å²) in [6.45, 7) is 0. The summed E-state index contributed by atoms with van der Waals surface area (Å²) in [4.78, 5) is 23.0. The lowest BCUT2D eigenvalue weighted by Crippen LogP contribution is -2.11. The van der Waals surface area contributed by atoms with Crippen LogP contribution in [0.4, 0.5) is 5.13 Å². The van der Waals surface area contributed by atoms with Crippen molar-refractivity contribution in [3.8, 4) is 0 Å². The number of benzene rings is 1. The first-order chi connectivity index (χ1) is 10.1. The van der Waals surface area contributed by atoms with Gasteiger partial charge in [0.25, 0.3) is 5.91 Å². The number of carbonyl (C=O) groups excluding carboxylic acids is 2. The number of nitrogens with one attached hydrogen (secondary N) is 1. The van der Waals surface area contributed by atoms with Gasteiger partial charge in [0.15, 0.2) is 4.34 Å². The van der Waals surface area contributed by atoms with Crippen molar-refractivity contribution in [2.24, 2.45) is 0 Å². The summed E-state index contributed by atoms with van der Waals surface area (Å²) in [5.41, 5.74) is 0.471. The number of anilines is 1. The summed E-state index contributed by atoms with van der Waals surface area (Å²) in [6, 6.07) is 6.50. The molecule has 2 rings (SSSR count). The molecule has 0 radical (unpaired) electrons. The molecule has 1 amide bonds. The second-order valence-corrected chi connectivity index (χ2v) is 6.34. The number of methoxy groups -OCH3 is 1. The van der Waals surface area contributed by atoms with E-state index in [2.05, 4.69) is 20.3 Å². The molecule has 0 atom stereocenters. The third-order valence-corrected chi connectivity index (χ3v) is 4.47. The molecule has 1 aromatic heterocycles. The van der Waals surface area contributed by atoms with Crippen molar-refractivity contribution in [3.05, 3.63) is 34.9 Å². The number of hydrogen-bond donors (Lipinski definition) is 1. The van der Waals surface area contributed by atoms with E-state index in [4.69, 9.17) is 11.6 Å². The van der Waals surface area contributed by atoms with E-state index in [0.29, 0.717) is 20.1 Å². The number of thioether (sulfide) groups is 1. The van der Waals surface area contributed by atoms with Crippen LogP contribution in [-0.4, -0.2) is 34.9 Å². The number of carbonyl (C=O) groups is 2. The summed E-state index contributed by atoms with van der Waals surface area (Å²) in [7, 11) is 1.32. The Labute approximate surface area is 133 Å². The van der Waals surface area contributed by atoms with Gasteiger partial charge in [-0.05, 0) is 24.3 Å². The number of amides is 1. The van der Waals surface area contributed by atoms with Gasteiger partial charge in [-0.3, -0.25) is 14.9 Å². The van der Waals surface area contributed by atoms with Gasteiger partial charge in [0, 0.05) is 10.6 Å². The summed E-state index contributed by atoms with van der Waals surface area (Å²) < 4.78 is 5.10. The van der Waals surface area contributed by atoms with Crippen molar-refractivity contribution < 1.29 is 14.3 Å². The van der Waals surface area contributed by atoms with Crippen molar-refractivity contribution in [1.29, 1.82) is 0 Å². The Kier molecular flexibility index (Phi) is 5.54. The minimum atomic E-state index is -0.345. The average Bonchev–Trinajstić information content (AvgIpc) is 2.93. The molecule has 1 aromatic carbocycles. The van der Waals surface area contributed by atoms with Crippen LogP contribution in [0.2, 0.25) is 5.02 Å². The number of ether oxygens (including phenoxy) is 1. The first kappa shape index (κ1) is 15.7. The predicted octanol–water partition coefficient (Wildman–Crippen LogP) is 2.71. The van der Waals surface area contributed by atoms with Gasteiger partial charge in [-0.2, -0.15) is 0 Å². The molecule has 0 saturated heterocycles. The predicted molar refractivity (Wildman–Crippen MR) is 82.1 cm³/mol. The second-order valence-electron chi connectivity index (χ2n) is 3.70. The Hall–Kier alpha value is -1.64. The standard InChI is InChI=1S/C12H10ClN3O3S2/c1-19-9(17)6-20-12-16-15-11(21-12)14-10(18)7-2-4-8(13)5-3-7/h2-5H,6H2,1H3,(H,14,15,18). The second kappa shape index (κ2) is 7.39. The van der Waals surface area contributed by atoms with E-state index in [0.717, 1.165) is 0 Å². The molecule has 1 N–H and O–H groups in total. The summed E-state index contributed by atoms with van der Waals surface area (Å²) in [6.07, 6.45) is 0. The average molecular weight is 344 g/mol. The third-order valence-electron chi connectivity index (χ3n) is 2.27. The van der Waals surface area contributed by atoms with Gasteiger partial charge in [0.2, 0.25) is 5.13 Å². The molecule has 0 aliphatic heterocycles. The van der Waals surface area contributed by atoms with Crippen LogP contribution in [0.25, 0.3) is 0 Å². The lowest BCUT2D eigenvalue weighted by Gasteiger charge is -2.00. The SMILES string of the molecule is COC(=O)CSc1nnc(NC(=O)c2ccc(Cl)cc2)s1. The smallest absolute Gasteiger partial charge is 0.316 e. The lowest BCUT2D eigenvalue weighted by molar-refractivity contribution is -0.137. The van der Waals surface area contributed by atoms with E-state index in [9.17, 15) is 9.59 Å². The van der Waals surface area contributed by atoms with Gasteiger partial charge in [-0.25, -0.2) is 0 Å². The lowest BCUT2D eigenvalue weighted by atomic mass is 10.2. The number of hydrogen-bond acceptors (Lipinski definition) is 7. The van der Waals surface area contributed by atoms with Crippen LogP contribution in [-0.2, 0) is 9.53 Å². The number of nitrogens with zero attached hydrogens (tertiary/aromatic N) is 2. The fourth-order valence-corrected chi connectivity index (χ4v) is 2.97. The molecular formula is C12H10ClN3O3S2. The van der Waals surface area contributed by atoms with Gasteiger partial charge in [-0.15, -0.1) is 10.2 Å². The van der Waals surface area contributed by atoms with E-state index in [1.165, 1.54) is 30.2 Å². The zero-order valence-corrected chi connectivity index (χ0v) is 13.2. The van der Waals surface area contributed by atoms with Gasteiger partial charge < -0.3 is 4.74 Å². The maximum absolute atomic E-state index is 12.0. The number of aromatic nitrogens is 2. The topological polar surface area (TPSA) is 81.2 Å². The van der Waals surface area contributed by atoms with Crippen LogP contribution in [0.1, 0.15) is 10.4 Å². The van der Waals surface area contributed by atoms with Gasteiger partial charge in [0.1, 0.15) is 0 Å². The summed E-state index contributed by atoms with van der Waals surface area (Å²) >= 11 is 8.15. The third kappa shape index (κ3) is 4.69. The largest absolute Gasteiger partial charge is 0.468 e. The van der Waals surface area contributed by atoms with E-state index >= 15 is 0 Å². The Balaban J connectivity index is 1.94. The van der Waals surface area contributed by atoms with Crippen molar-refractivity contribution in [3.63, 3.8) is 0 Å². The van der Waals surface area contributed by atoms with Gasteiger partial charge >= 0.3 is 5.97 Å². The Morgan fingerprint density at radius 1 is 1.33 bits per heavy atom. The molecule has 0 aliphatic rings. The molecule has 0 fully saturated rings. The molecule has 21 heavy (non-hydrogen) atoms. The number of rotatable bonds is 5. The van der Waals surface area contributed by atoms with Crippen molar-refractivity contribution in [1.82, 2.24) is 10.2 Å². The maximum Gasteiger partial charge on any atom is 0.316 e. The molecule has 1 heterocycles. The Bertz CT molecular complexity index is 645. The summed E-state index contributed by atoms with van der Waals surface area (Å²) in [5.74, 6) is -0.495. The van der Waals surface area contributed by atoms with Crippen LogP contribution >= 0.6 is 34.7 Å². The zero-order valence-electron chi connectivity index (χ0n) is 10.8. The van der Waals surface area contributed by atoms with E-state index in [1.807, 2.05) is 0 Å². The molecule has 2 aromatic rings. The molecule has 0 spiro atoms. The minimum Gasteiger partial charge on any atom is -0.468 e. The van der Waals surface area contributed by atoms with Crippen LogP contribution in [0.5, 0.6) is 0 Å².